The van der Waals surface area contributed by atoms with Gasteiger partial charge in [0.25, 0.3) is 0 Å². The average Bonchev–Trinajstić information content (AvgIpc) is 3.13. The van der Waals surface area contributed by atoms with E-state index in [0.29, 0.717) is 6.54 Å². The maximum Gasteiger partial charge on any atom is 0.234 e. The summed E-state index contributed by atoms with van der Waals surface area (Å²) in [4.78, 5) is 17.0. The first-order chi connectivity index (χ1) is 14.0. The van der Waals surface area contributed by atoms with Crippen molar-refractivity contribution in [2.24, 2.45) is 5.92 Å². The molecule has 3 aromatic heterocycles. The number of amides is 1. The van der Waals surface area contributed by atoms with E-state index in [1.807, 2.05) is 48.6 Å². The fraction of sp³-hybridized carbons (Fsp3) is 0.273. The molecule has 0 saturated heterocycles. The van der Waals surface area contributed by atoms with E-state index in [0.717, 1.165) is 32.8 Å². The molecular weight excluding hydrogens is 382 g/mol. The monoisotopic (exact) mass is 405 g/mol. The van der Waals surface area contributed by atoms with Crippen LogP contribution < -0.4 is 5.32 Å². The van der Waals surface area contributed by atoms with Crippen LogP contribution in [0, 0.1) is 12.8 Å². The predicted molar refractivity (Wildman–Crippen MR) is 116 cm³/mol. The Hall–Kier alpha value is -2.93. The largest absolute Gasteiger partial charge is 0.351 e. The lowest BCUT2D eigenvalue weighted by Crippen LogP contribution is -2.35. The number of para-hydroxylation sites is 1. The minimum Gasteiger partial charge on any atom is -0.351 e. The van der Waals surface area contributed by atoms with E-state index in [4.69, 9.17) is 0 Å². The Kier molecular flexibility index (Phi) is 5.49. The molecule has 6 nitrogen and oxygen atoms in total. The lowest BCUT2D eigenvalue weighted by Gasteiger charge is -2.19. The van der Waals surface area contributed by atoms with Gasteiger partial charge in [-0.15, -0.1) is 10.2 Å². The highest BCUT2D eigenvalue weighted by atomic mass is 32.2. The van der Waals surface area contributed by atoms with Gasteiger partial charge in [-0.3, -0.25) is 14.2 Å². The number of nitrogens with one attached hydrogen (secondary N) is 1. The van der Waals surface area contributed by atoms with E-state index in [1.165, 1.54) is 11.8 Å². The topological polar surface area (TPSA) is 72.2 Å². The van der Waals surface area contributed by atoms with Gasteiger partial charge in [-0.2, -0.15) is 0 Å². The molecule has 0 aliphatic rings. The van der Waals surface area contributed by atoms with Crippen molar-refractivity contribution >= 4 is 34.2 Å². The summed E-state index contributed by atoms with van der Waals surface area (Å²) in [7, 11) is 0. The molecule has 3 heterocycles. The number of carbonyl (C=O) groups is 1. The first kappa shape index (κ1) is 19.4. The lowest BCUT2D eigenvalue weighted by atomic mass is 10.1. The zero-order chi connectivity index (χ0) is 20.4. The van der Waals surface area contributed by atoms with Gasteiger partial charge >= 0.3 is 0 Å². The molecule has 0 aliphatic carbocycles. The quantitative estimate of drug-likeness (QED) is 0.491. The second-order valence-corrected chi connectivity index (χ2v) is 8.49. The summed E-state index contributed by atoms with van der Waals surface area (Å²) in [5.74, 6) is 0.125. The number of pyridine rings is 2. The van der Waals surface area contributed by atoms with E-state index in [9.17, 15) is 4.79 Å². The van der Waals surface area contributed by atoms with Gasteiger partial charge < -0.3 is 5.32 Å². The first-order valence-corrected chi connectivity index (χ1v) is 10.5. The minimum absolute atomic E-state index is 0.0120. The lowest BCUT2D eigenvalue weighted by molar-refractivity contribution is -0.121. The molecule has 148 valence electrons. The van der Waals surface area contributed by atoms with Crippen molar-refractivity contribution in [3.8, 4) is 0 Å². The Labute approximate surface area is 173 Å². The molecule has 1 amide bonds. The molecule has 0 bridgehead atoms. The van der Waals surface area contributed by atoms with Crippen LogP contribution in [0.1, 0.15) is 25.0 Å². The first-order valence-electron chi connectivity index (χ1n) is 9.61. The highest BCUT2D eigenvalue weighted by molar-refractivity contribution is 8.00. The van der Waals surface area contributed by atoms with Crippen LogP contribution in [0.25, 0.3) is 16.6 Å². The van der Waals surface area contributed by atoms with Crippen molar-refractivity contribution in [3.63, 3.8) is 0 Å². The Morgan fingerprint density at radius 2 is 2.00 bits per heavy atom. The molecule has 0 saturated carbocycles. The summed E-state index contributed by atoms with van der Waals surface area (Å²) in [5.41, 5.74) is 3.98. The second kappa shape index (κ2) is 8.21. The SMILES string of the molecule is Cc1cc2nnc(SC(C(=O)NCc3cccnc3)C(C)C)n2c2ccccc12. The number of rotatable bonds is 6. The average molecular weight is 406 g/mol. The number of benzene rings is 1. The fourth-order valence-electron chi connectivity index (χ4n) is 3.35. The summed E-state index contributed by atoms with van der Waals surface area (Å²) in [6.45, 7) is 6.63. The number of thioether (sulfide) groups is 1. The molecule has 29 heavy (non-hydrogen) atoms. The number of hydrogen-bond acceptors (Lipinski definition) is 5. The molecule has 0 radical (unpaired) electrons. The third-order valence-electron chi connectivity index (χ3n) is 4.86. The number of aromatic nitrogens is 4. The number of hydrogen-bond donors (Lipinski definition) is 1. The van der Waals surface area contributed by atoms with Crippen LogP contribution in [-0.4, -0.2) is 30.7 Å². The molecule has 1 aromatic carbocycles. The molecule has 0 aliphatic heterocycles. The van der Waals surface area contributed by atoms with E-state index in [2.05, 4.69) is 39.6 Å². The molecule has 1 N–H and O–H groups in total. The summed E-state index contributed by atoms with van der Waals surface area (Å²) in [6.07, 6.45) is 3.48. The van der Waals surface area contributed by atoms with Crippen molar-refractivity contribution in [2.45, 2.75) is 37.7 Å². The van der Waals surface area contributed by atoms with Gasteiger partial charge in [0.2, 0.25) is 5.91 Å². The van der Waals surface area contributed by atoms with Gasteiger partial charge in [0.05, 0.1) is 10.8 Å². The van der Waals surface area contributed by atoms with Crippen molar-refractivity contribution in [3.05, 3.63) is 66.0 Å². The highest BCUT2D eigenvalue weighted by Crippen LogP contribution is 2.30. The molecule has 1 atom stereocenters. The Bertz CT molecular complexity index is 1160. The normalized spacial score (nSPS) is 12.6. The van der Waals surface area contributed by atoms with E-state index in [-0.39, 0.29) is 17.1 Å². The Morgan fingerprint density at radius 1 is 1.17 bits per heavy atom. The number of aryl methyl sites for hydroxylation is 1. The molecule has 0 spiro atoms. The maximum absolute atomic E-state index is 12.9. The molecular formula is C22H23N5OS. The molecule has 4 rings (SSSR count). The van der Waals surface area contributed by atoms with Crippen LogP contribution in [0.15, 0.2) is 60.0 Å². The summed E-state index contributed by atoms with van der Waals surface area (Å²) in [6, 6.07) is 14.1. The van der Waals surface area contributed by atoms with Gasteiger partial charge in [-0.05, 0) is 42.2 Å². The molecule has 0 fully saturated rings. The smallest absolute Gasteiger partial charge is 0.234 e. The van der Waals surface area contributed by atoms with Crippen LogP contribution in [0.3, 0.4) is 0 Å². The van der Waals surface area contributed by atoms with Crippen LogP contribution in [0.2, 0.25) is 0 Å². The van der Waals surface area contributed by atoms with Crippen LogP contribution in [0.5, 0.6) is 0 Å². The number of carbonyl (C=O) groups excluding carboxylic acids is 1. The molecule has 1 unspecified atom stereocenters. The molecule has 7 heteroatoms. The van der Waals surface area contributed by atoms with Crippen LogP contribution in [0.4, 0.5) is 0 Å². The van der Waals surface area contributed by atoms with Crippen molar-refractivity contribution < 1.29 is 4.79 Å². The number of nitrogens with zero attached hydrogens (tertiary/aromatic N) is 4. The van der Waals surface area contributed by atoms with Crippen molar-refractivity contribution in [2.75, 3.05) is 0 Å². The predicted octanol–water partition coefficient (Wildman–Crippen LogP) is 4.02. The Morgan fingerprint density at radius 3 is 2.76 bits per heavy atom. The summed E-state index contributed by atoms with van der Waals surface area (Å²) < 4.78 is 2.04. The van der Waals surface area contributed by atoms with E-state index >= 15 is 0 Å². The zero-order valence-electron chi connectivity index (χ0n) is 16.7. The molecule has 4 aromatic rings. The van der Waals surface area contributed by atoms with Crippen molar-refractivity contribution in [1.29, 1.82) is 0 Å². The highest BCUT2D eigenvalue weighted by Gasteiger charge is 2.26. The second-order valence-electron chi connectivity index (χ2n) is 7.38. The van der Waals surface area contributed by atoms with Gasteiger partial charge in [-0.1, -0.05) is 49.9 Å². The van der Waals surface area contributed by atoms with Crippen LogP contribution >= 0.6 is 11.8 Å². The maximum atomic E-state index is 12.9. The van der Waals surface area contributed by atoms with Gasteiger partial charge in [0, 0.05) is 24.3 Å². The summed E-state index contributed by atoms with van der Waals surface area (Å²) >= 11 is 1.46. The van der Waals surface area contributed by atoms with Gasteiger partial charge in [0.1, 0.15) is 0 Å². The van der Waals surface area contributed by atoms with Gasteiger partial charge in [0.15, 0.2) is 10.8 Å². The third kappa shape index (κ3) is 3.96. The standard InChI is InChI=1S/C22H23N5OS/c1-14(2)20(21(28)24-13-16-7-6-10-23-12-16)29-22-26-25-19-11-15(3)17-8-4-5-9-18(17)27(19)22/h4-12,14,20H,13H2,1-3H3,(H,24,28). The zero-order valence-corrected chi connectivity index (χ0v) is 17.5. The number of fused-ring (bicyclic) bond motifs is 3. The van der Waals surface area contributed by atoms with Crippen LogP contribution in [-0.2, 0) is 11.3 Å². The third-order valence-corrected chi connectivity index (χ3v) is 6.35. The minimum atomic E-state index is -0.279. The van der Waals surface area contributed by atoms with Gasteiger partial charge in [-0.25, -0.2) is 0 Å². The van der Waals surface area contributed by atoms with E-state index in [1.54, 1.807) is 12.4 Å². The summed E-state index contributed by atoms with van der Waals surface area (Å²) in [5, 5.41) is 13.4. The fourth-order valence-corrected chi connectivity index (χ4v) is 4.42. The van der Waals surface area contributed by atoms with E-state index < -0.39 is 0 Å². The van der Waals surface area contributed by atoms with Crippen molar-refractivity contribution in [1.82, 2.24) is 24.9 Å². The Balaban J connectivity index is 1.62.